The van der Waals surface area contributed by atoms with Crippen molar-refractivity contribution in [3.05, 3.63) is 0 Å². The molecule has 11 rings (SSSR count). The van der Waals surface area contributed by atoms with Crippen LogP contribution in [0.15, 0.2) is 0 Å². The van der Waals surface area contributed by atoms with Gasteiger partial charge in [-0.1, -0.05) is 25.7 Å². The summed E-state index contributed by atoms with van der Waals surface area (Å²) in [6.45, 7) is 0. The van der Waals surface area contributed by atoms with Crippen molar-refractivity contribution in [2.24, 2.45) is 88.3 Å². The Balaban J connectivity index is 0.873. The van der Waals surface area contributed by atoms with Gasteiger partial charge in [0.15, 0.2) is 0 Å². The molecule has 2 aliphatic heterocycles. The van der Waals surface area contributed by atoms with Crippen LogP contribution in [0.4, 0.5) is 0 Å². The Morgan fingerprint density at radius 3 is 0.944 bits per heavy atom. The van der Waals surface area contributed by atoms with E-state index in [-0.39, 0.29) is 17.6 Å². The second-order valence-corrected chi connectivity index (χ2v) is 27.3. The van der Waals surface area contributed by atoms with Crippen LogP contribution >= 0.6 is 0 Å². The van der Waals surface area contributed by atoms with Crippen molar-refractivity contribution in [2.75, 3.05) is 0 Å². The van der Waals surface area contributed by atoms with Crippen LogP contribution in [0.25, 0.3) is 0 Å². The predicted molar refractivity (Wildman–Crippen MR) is 353 cm³/mol. The highest BCUT2D eigenvalue weighted by Gasteiger charge is 2.67. The molecule has 0 spiro atoms. The smallest absolute Gasteiger partial charge is 0.125 e. The first-order valence-electron chi connectivity index (χ1n) is 33.8. The standard InChI is InChI=1S/C85H80N2O2/c1-5-9-13-17-21-23-27-35-59-88-71-49-45-69(46-50-71)85(70-47-51-72(52-48-70)89-60-36-28-24-22-18-14-10-6-2)79-53-41-65(67-43-55-83-77(63-67)73-37-29-31-39-81(73)86(83)57-33-25-19-15-11-7-3)61-75(79)76-62-66(42-54-80(76)85)68-44-56-84-78(64-68)74-38-30-32-40-82(74)87(84)58-34-26-20-16-12-8-4/h1-4,65-84H,29-32,37-56,61-64H2. The van der Waals surface area contributed by atoms with E-state index in [2.05, 4.69) is 200 Å². The maximum atomic E-state index is 6.32. The van der Waals surface area contributed by atoms with Crippen LogP contribution in [-0.2, 0) is 9.47 Å². The first-order chi connectivity index (χ1) is 44.0. The zero-order valence-corrected chi connectivity index (χ0v) is 51.9. The number of rotatable bonds is 6. The van der Waals surface area contributed by atoms with E-state index in [0.29, 0.717) is 36.0 Å². The van der Waals surface area contributed by atoms with Crippen molar-refractivity contribution in [3.8, 4) is 216 Å². The molecule has 16 atom stereocenters. The number of hydrogen-bond acceptors (Lipinski definition) is 4. The van der Waals surface area contributed by atoms with Gasteiger partial charge >= 0.3 is 0 Å². The summed E-state index contributed by atoms with van der Waals surface area (Å²) in [5.74, 6) is 86.4. The number of hydrogen-bond donors (Lipinski definition) is 0. The van der Waals surface area contributed by atoms with E-state index in [9.17, 15) is 0 Å². The first kappa shape index (κ1) is 61.9. The Kier molecular flexibility index (Phi) is 21.5. The average molecular weight is 1160 g/mol. The summed E-state index contributed by atoms with van der Waals surface area (Å²) < 4.78 is 12.6. The fourth-order valence-electron chi connectivity index (χ4n) is 21.5. The largest absolute Gasteiger partial charge is 0.443 e. The van der Waals surface area contributed by atoms with Crippen molar-refractivity contribution >= 4 is 0 Å². The minimum Gasteiger partial charge on any atom is -0.443 e. The summed E-state index contributed by atoms with van der Waals surface area (Å²) in [5, 5.41) is 0. The quantitative estimate of drug-likeness (QED) is 0.248. The molecule has 0 bridgehead atoms. The molecule has 0 amide bonds. The molecule has 0 aromatic carbocycles. The lowest BCUT2D eigenvalue weighted by Gasteiger charge is -2.57. The third-order valence-corrected chi connectivity index (χ3v) is 24.2. The van der Waals surface area contributed by atoms with Gasteiger partial charge in [0.05, 0.1) is 0 Å². The number of ether oxygens (including phenoxy) is 2. The summed E-state index contributed by atoms with van der Waals surface area (Å²) in [6, 6.07) is 9.39. The lowest BCUT2D eigenvalue weighted by Crippen LogP contribution is -2.51. The van der Waals surface area contributed by atoms with Gasteiger partial charge in [0.1, 0.15) is 24.4 Å². The monoisotopic (exact) mass is 1160 g/mol. The van der Waals surface area contributed by atoms with Gasteiger partial charge in [0.2, 0.25) is 0 Å². The van der Waals surface area contributed by atoms with Gasteiger partial charge in [-0.15, -0.1) is 25.7 Å². The molecule has 9 aliphatic carbocycles. The van der Waals surface area contributed by atoms with Gasteiger partial charge in [-0.05, 0) is 325 Å². The van der Waals surface area contributed by atoms with Gasteiger partial charge in [-0.3, -0.25) is 0 Å². The molecule has 0 aromatic rings. The summed E-state index contributed by atoms with van der Waals surface area (Å²) >= 11 is 0. The minimum absolute atomic E-state index is 0.104. The molecule has 11 aliphatic rings. The van der Waals surface area contributed by atoms with E-state index in [0.717, 1.165) is 96.7 Å². The van der Waals surface area contributed by atoms with E-state index in [4.69, 9.17) is 35.2 Å². The van der Waals surface area contributed by atoms with Gasteiger partial charge in [0.25, 0.3) is 0 Å². The summed E-state index contributed by atoms with van der Waals surface area (Å²) in [6.07, 6.45) is 63.0. The van der Waals surface area contributed by atoms with E-state index < -0.39 is 0 Å². The molecule has 11 fully saturated rings. The fraction of sp³-hybridized carbons (Fsp3) is 0.576. The van der Waals surface area contributed by atoms with Gasteiger partial charge in [-0.25, -0.2) is 0 Å². The molecule has 442 valence electrons. The molecule has 2 saturated heterocycles. The SMILES string of the molecule is C#CC#CC#CC#CC#COC1CCC(C2(C3CCC(OC#CC#CC#CC#CC#C)CC3)C3CCC(C4CCC5C(C4)C4CCCCC4N5C#CC#CC#CC#C)CC3C3CC(C4CCC5C(C4)C4CCCCC4N5C#CC#CC#CC#C)CCC32)CC1. The summed E-state index contributed by atoms with van der Waals surface area (Å²) in [7, 11) is 0. The highest BCUT2D eigenvalue weighted by molar-refractivity contribution is 5.44. The van der Waals surface area contributed by atoms with E-state index >= 15 is 0 Å². The highest BCUT2D eigenvalue weighted by Crippen LogP contribution is 2.74. The van der Waals surface area contributed by atoms with Gasteiger partial charge < -0.3 is 19.3 Å². The maximum Gasteiger partial charge on any atom is 0.125 e. The molecule has 4 nitrogen and oxygen atoms in total. The van der Waals surface area contributed by atoms with Crippen LogP contribution in [0.3, 0.4) is 0 Å². The van der Waals surface area contributed by atoms with Gasteiger partial charge in [0, 0.05) is 119 Å². The Labute approximate surface area is 536 Å². The Morgan fingerprint density at radius 2 is 0.573 bits per heavy atom. The second kappa shape index (κ2) is 31.0. The van der Waals surface area contributed by atoms with Crippen molar-refractivity contribution in [1.82, 2.24) is 9.80 Å². The fourth-order valence-corrected chi connectivity index (χ4v) is 21.5. The number of fused-ring (bicyclic) bond motifs is 9. The number of terminal acetylenes is 4. The van der Waals surface area contributed by atoms with Crippen molar-refractivity contribution in [2.45, 2.75) is 216 Å². The van der Waals surface area contributed by atoms with Crippen LogP contribution < -0.4 is 0 Å². The normalized spacial score (nSPS) is 36.4. The summed E-state index contributed by atoms with van der Waals surface area (Å²) in [5.41, 5.74) is 0.289. The van der Waals surface area contributed by atoms with Crippen LogP contribution in [0.2, 0.25) is 0 Å². The zero-order valence-electron chi connectivity index (χ0n) is 51.9. The molecular formula is C85H80N2O2. The Bertz CT molecular complexity index is 3540. The summed E-state index contributed by atoms with van der Waals surface area (Å²) in [4.78, 5) is 5.20. The lowest BCUT2D eigenvalue weighted by molar-refractivity contribution is -0.0990. The molecule has 4 heteroatoms. The molecule has 89 heavy (non-hydrogen) atoms. The molecule has 0 N–H and O–H groups in total. The molecule has 0 radical (unpaired) electrons. The predicted octanol–water partition coefficient (Wildman–Crippen LogP) is 11.9. The average Bonchev–Trinajstić information content (AvgIpc) is 1.57. The number of nitrogens with zero attached hydrogens (tertiary/aromatic N) is 2. The molecule has 2 heterocycles. The molecule has 16 unspecified atom stereocenters. The van der Waals surface area contributed by atoms with Crippen molar-refractivity contribution < 1.29 is 9.47 Å². The third kappa shape index (κ3) is 14.1. The van der Waals surface area contributed by atoms with E-state index in [1.54, 1.807) is 0 Å². The van der Waals surface area contributed by atoms with E-state index in [1.165, 1.54) is 154 Å². The Hall–Kier alpha value is -8.72. The zero-order chi connectivity index (χ0) is 61.0. The first-order valence-corrected chi connectivity index (χ1v) is 33.8. The molecule has 9 saturated carbocycles. The van der Waals surface area contributed by atoms with Gasteiger partial charge in [-0.2, -0.15) is 0 Å². The van der Waals surface area contributed by atoms with Crippen LogP contribution in [0.1, 0.15) is 180 Å². The van der Waals surface area contributed by atoms with Crippen LogP contribution in [-0.4, -0.2) is 46.2 Å². The topological polar surface area (TPSA) is 24.9 Å². The minimum atomic E-state index is 0.104. The maximum absolute atomic E-state index is 6.32. The lowest BCUT2D eigenvalue weighted by atomic mass is 9.48. The highest BCUT2D eigenvalue weighted by atomic mass is 16.5. The second-order valence-electron chi connectivity index (χ2n) is 27.3. The third-order valence-electron chi connectivity index (χ3n) is 24.2. The van der Waals surface area contributed by atoms with E-state index in [1.807, 2.05) is 0 Å². The Morgan fingerprint density at radius 1 is 0.270 bits per heavy atom. The van der Waals surface area contributed by atoms with Crippen LogP contribution in [0, 0.1) is 304 Å². The van der Waals surface area contributed by atoms with Crippen molar-refractivity contribution in [3.63, 3.8) is 0 Å². The van der Waals surface area contributed by atoms with Crippen molar-refractivity contribution in [1.29, 1.82) is 0 Å². The number of likely N-dealkylation sites (tertiary alicyclic amines) is 2. The molecule has 0 aromatic heterocycles. The molecular weight excluding hydrogens is 1080 g/mol. The van der Waals surface area contributed by atoms with Crippen LogP contribution in [0.5, 0.6) is 0 Å².